The molecule has 0 bridgehead atoms. The molecule has 2 N–H and O–H groups in total. The van der Waals surface area contributed by atoms with Gasteiger partial charge in [-0.25, -0.2) is 8.78 Å². The molecule has 0 radical (unpaired) electrons. The summed E-state index contributed by atoms with van der Waals surface area (Å²) in [5, 5.41) is 5.94. The van der Waals surface area contributed by atoms with E-state index in [4.69, 9.17) is 4.74 Å². The molecule has 2 aromatic rings. The molecule has 5 nitrogen and oxygen atoms in total. The molecule has 1 aromatic carbocycles. The van der Waals surface area contributed by atoms with Crippen molar-refractivity contribution >= 4 is 5.96 Å². The van der Waals surface area contributed by atoms with Gasteiger partial charge in [0.15, 0.2) is 5.96 Å². The number of hydrogen-bond donors (Lipinski definition) is 2. The zero-order valence-electron chi connectivity index (χ0n) is 12.7. The topological polar surface area (TPSA) is 58.5 Å². The van der Waals surface area contributed by atoms with Crippen molar-refractivity contribution in [3.05, 3.63) is 59.9 Å². The second kappa shape index (κ2) is 8.67. The van der Waals surface area contributed by atoms with Crippen LogP contribution in [-0.2, 0) is 6.54 Å². The van der Waals surface area contributed by atoms with Crippen molar-refractivity contribution < 1.29 is 13.5 Å². The molecular weight excluding hydrogens is 302 g/mol. The molecule has 0 unspecified atom stereocenters. The van der Waals surface area contributed by atoms with E-state index in [1.54, 1.807) is 25.5 Å². The summed E-state index contributed by atoms with van der Waals surface area (Å²) < 4.78 is 32.1. The highest BCUT2D eigenvalue weighted by atomic mass is 19.1. The Hall–Kier alpha value is -2.70. The summed E-state index contributed by atoms with van der Waals surface area (Å²) >= 11 is 0. The Labute approximate surface area is 133 Å². The molecule has 0 amide bonds. The molecule has 0 saturated heterocycles. The van der Waals surface area contributed by atoms with E-state index in [0.29, 0.717) is 24.9 Å². The van der Waals surface area contributed by atoms with Crippen molar-refractivity contribution in [1.29, 1.82) is 0 Å². The van der Waals surface area contributed by atoms with Gasteiger partial charge in [-0.05, 0) is 30.3 Å². The maximum atomic E-state index is 13.5. The minimum absolute atomic E-state index is 0.132. The first-order valence-corrected chi connectivity index (χ1v) is 7.10. The summed E-state index contributed by atoms with van der Waals surface area (Å²) in [4.78, 5) is 7.96. The van der Waals surface area contributed by atoms with Crippen LogP contribution in [0.3, 0.4) is 0 Å². The number of hydrogen-bond acceptors (Lipinski definition) is 3. The van der Waals surface area contributed by atoms with Crippen LogP contribution in [0.25, 0.3) is 0 Å². The van der Waals surface area contributed by atoms with Crippen LogP contribution in [0, 0.1) is 11.6 Å². The Kier molecular flexibility index (Phi) is 6.28. The zero-order chi connectivity index (χ0) is 16.5. The summed E-state index contributed by atoms with van der Waals surface area (Å²) in [5.41, 5.74) is 0.236. The van der Waals surface area contributed by atoms with Crippen molar-refractivity contribution in [3.63, 3.8) is 0 Å². The van der Waals surface area contributed by atoms with Crippen LogP contribution in [0.5, 0.6) is 5.75 Å². The highest BCUT2D eigenvalue weighted by Crippen LogP contribution is 2.09. The molecule has 0 saturated carbocycles. The third-order valence-corrected chi connectivity index (χ3v) is 2.98. The van der Waals surface area contributed by atoms with Gasteiger partial charge in [-0.2, -0.15) is 0 Å². The summed E-state index contributed by atoms with van der Waals surface area (Å²) in [5.74, 6) is 0.216. The third kappa shape index (κ3) is 5.54. The molecule has 0 spiro atoms. The number of aliphatic imine (C=N–C) groups is 1. The summed E-state index contributed by atoms with van der Waals surface area (Å²) in [6, 6.07) is 6.94. The second-order valence-corrected chi connectivity index (χ2v) is 4.63. The van der Waals surface area contributed by atoms with E-state index in [1.165, 1.54) is 0 Å². The fourth-order valence-corrected chi connectivity index (χ4v) is 1.85. The molecule has 2 rings (SSSR count). The first-order chi connectivity index (χ1) is 11.2. The van der Waals surface area contributed by atoms with Crippen LogP contribution in [0.1, 0.15) is 5.56 Å². The van der Waals surface area contributed by atoms with Crippen molar-refractivity contribution in [2.75, 3.05) is 20.2 Å². The first kappa shape index (κ1) is 16.7. The van der Waals surface area contributed by atoms with Crippen molar-refractivity contribution in [1.82, 2.24) is 15.6 Å². The number of aromatic nitrogens is 1. The third-order valence-electron chi connectivity index (χ3n) is 2.98. The summed E-state index contributed by atoms with van der Waals surface area (Å²) in [6.45, 7) is 1.05. The molecule has 0 aliphatic heterocycles. The number of ether oxygens (including phenoxy) is 1. The SMILES string of the molecule is CN=C(NCCOc1cccnc1)NCc1cc(F)ccc1F. The highest BCUT2D eigenvalue weighted by Gasteiger charge is 2.05. The molecular formula is C16H18F2N4O. The van der Waals surface area contributed by atoms with E-state index >= 15 is 0 Å². The van der Waals surface area contributed by atoms with E-state index < -0.39 is 11.6 Å². The van der Waals surface area contributed by atoms with Gasteiger partial charge >= 0.3 is 0 Å². The lowest BCUT2D eigenvalue weighted by Crippen LogP contribution is -2.39. The Morgan fingerprint density at radius 3 is 2.87 bits per heavy atom. The Morgan fingerprint density at radius 1 is 1.26 bits per heavy atom. The maximum absolute atomic E-state index is 13.5. The largest absolute Gasteiger partial charge is 0.490 e. The van der Waals surface area contributed by atoms with Crippen molar-refractivity contribution in [2.45, 2.75) is 6.54 Å². The molecule has 23 heavy (non-hydrogen) atoms. The molecule has 7 heteroatoms. The lowest BCUT2D eigenvalue weighted by Gasteiger charge is -2.13. The molecule has 0 atom stereocenters. The van der Waals surface area contributed by atoms with Crippen molar-refractivity contribution in [3.8, 4) is 5.75 Å². The van der Waals surface area contributed by atoms with Crippen molar-refractivity contribution in [2.24, 2.45) is 4.99 Å². The van der Waals surface area contributed by atoms with E-state index in [9.17, 15) is 8.78 Å². The van der Waals surface area contributed by atoms with E-state index in [0.717, 1.165) is 18.2 Å². The fraction of sp³-hybridized carbons (Fsp3) is 0.250. The van der Waals surface area contributed by atoms with Crippen LogP contribution in [0.15, 0.2) is 47.7 Å². The summed E-state index contributed by atoms with van der Waals surface area (Å²) in [7, 11) is 1.60. The fourth-order valence-electron chi connectivity index (χ4n) is 1.85. The van der Waals surface area contributed by atoms with Crippen LogP contribution < -0.4 is 15.4 Å². The quantitative estimate of drug-likeness (QED) is 0.486. The smallest absolute Gasteiger partial charge is 0.191 e. The lowest BCUT2D eigenvalue weighted by molar-refractivity contribution is 0.320. The highest BCUT2D eigenvalue weighted by molar-refractivity contribution is 5.79. The normalized spacial score (nSPS) is 11.2. The second-order valence-electron chi connectivity index (χ2n) is 4.63. The van der Waals surface area contributed by atoms with Gasteiger partial charge in [-0.3, -0.25) is 9.98 Å². The van der Waals surface area contributed by atoms with E-state index in [1.807, 2.05) is 6.07 Å². The van der Waals surface area contributed by atoms with Gasteiger partial charge in [0, 0.05) is 25.4 Å². The van der Waals surface area contributed by atoms with E-state index in [2.05, 4.69) is 20.6 Å². The van der Waals surface area contributed by atoms with Crippen LogP contribution in [0.4, 0.5) is 8.78 Å². The van der Waals surface area contributed by atoms with Gasteiger partial charge in [-0.1, -0.05) is 0 Å². The summed E-state index contributed by atoms with van der Waals surface area (Å²) in [6.07, 6.45) is 3.29. The number of guanidine groups is 1. The minimum atomic E-state index is -0.476. The molecule has 122 valence electrons. The molecule has 1 aromatic heterocycles. The first-order valence-electron chi connectivity index (χ1n) is 7.10. The number of benzene rings is 1. The Bertz CT molecular complexity index is 650. The number of halogens is 2. The van der Waals surface area contributed by atoms with Crippen LogP contribution in [-0.4, -0.2) is 31.1 Å². The molecule has 0 aliphatic rings. The van der Waals surface area contributed by atoms with E-state index in [-0.39, 0.29) is 12.1 Å². The van der Waals surface area contributed by atoms with Crippen LogP contribution >= 0.6 is 0 Å². The van der Waals surface area contributed by atoms with Gasteiger partial charge in [0.2, 0.25) is 0 Å². The average molecular weight is 320 g/mol. The average Bonchev–Trinajstić information content (AvgIpc) is 2.58. The van der Waals surface area contributed by atoms with Gasteiger partial charge in [0.05, 0.1) is 12.7 Å². The lowest BCUT2D eigenvalue weighted by atomic mass is 10.2. The molecule has 0 aliphatic carbocycles. The Balaban J connectivity index is 1.74. The number of rotatable bonds is 6. The van der Waals surface area contributed by atoms with Gasteiger partial charge in [-0.15, -0.1) is 0 Å². The minimum Gasteiger partial charge on any atom is -0.490 e. The number of pyridine rings is 1. The van der Waals surface area contributed by atoms with Gasteiger partial charge < -0.3 is 15.4 Å². The maximum Gasteiger partial charge on any atom is 0.191 e. The van der Waals surface area contributed by atoms with Crippen LogP contribution in [0.2, 0.25) is 0 Å². The number of nitrogens with zero attached hydrogens (tertiary/aromatic N) is 2. The Morgan fingerprint density at radius 2 is 2.13 bits per heavy atom. The molecule has 0 fully saturated rings. The zero-order valence-corrected chi connectivity index (χ0v) is 12.7. The predicted molar refractivity (Wildman–Crippen MR) is 84.3 cm³/mol. The number of nitrogens with one attached hydrogen (secondary N) is 2. The van der Waals surface area contributed by atoms with Gasteiger partial charge in [0.1, 0.15) is 24.0 Å². The molecule has 1 heterocycles. The predicted octanol–water partition coefficient (Wildman–Crippen LogP) is 2.10. The van der Waals surface area contributed by atoms with Gasteiger partial charge in [0.25, 0.3) is 0 Å². The standard InChI is InChI=1S/C16H18F2N4O/c1-19-16(21-7-8-23-14-3-2-6-20-11-14)22-10-12-9-13(17)4-5-15(12)18/h2-6,9,11H,7-8,10H2,1H3,(H2,19,21,22). The monoisotopic (exact) mass is 320 g/mol.